The molecule has 0 aromatic heterocycles. The third-order valence-electron chi connectivity index (χ3n) is 2.36. The second-order valence-corrected chi connectivity index (χ2v) is 3.67. The van der Waals surface area contributed by atoms with E-state index in [4.69, 9.17) is 4.74 Å². The fraction of sp³-hybridized carbons (Fsp3) is 0.727. The molecule has 0 radical (unpaired) electrons. The molecule has 4 heteroatoms. The van der Waals surface area contributed by atoms with Crippen LogP contribution in [0.15, 0.2) is 11.8 Å². The lowest BCUT2D eigenvalue weighted by atomic mass is 10.1. The molecule has 1 saturated heterocycles. The summed E-state index contributed by atoms with van der Waals surface area (Å²) in [6.45, 7) is 4.38. The summed E-state index contributed by atoms with van der Waals surface area (Å²) < 4.78 is 5.22. The molecule has 15 heavy (non-hydrogen) atoms. The van der Waals surface area contributed by atoms with Gasteiger partial charge in [0.05, 0.1) is 13.2 Å². The average molecular weight is 212 g/mol. The number of hydrogen-bond acceptors (Lipinski definition) is 2. The minimum absolute atomic E-state index is 0.109. The largest absolute Gasteiger partial charge is 0.381 e. The molecular formula is C11H20N2O2. The molecule has 1 rings (SSSR count). The van der Waals surface area contributed by atoms with E-state index < -0.39 is 0 Å². The number of unbranched alkanes of at least 4 members (excludes halogenated alkanes) is 1. The van der Waals surface area contributed by atoms with Crippen molar-refractivity contribution in [3.8, 4) is 0 Å². The molecule has 4 nitrogen and oxygen atoms in total. The van der Waals surface area contributed by atoms with Gasteiger partial charge in [-0.2, -0.15) is 0 Å². The Labute approximate surface area is 91.1 Å². The number of ether oxygens (including phenoxy) is 1. The van der Waals surface area contributed by atoms with Gasteiger partial charge in [-0.15, -0.1) is 0 Å². The lowest BCUT2D eigenvalue weighted by Gasteiger charge is -2.14. The lowest BCUT2D eigenvalue weighted by Crippen LogP contribution is -2.33. The van der Waals surface area contributed by atoms with Gasteiger partial charge in [0.15, 0.2) is 0 Å². The van der Waals surface area contributed by atoms with E-state index in [1.54, 1.807) is 0 Å². The standard InChI is InChI=1S/C11H20N2O2/c1-2-3-6-12-11(14)13-9-10-4-7-15-8-5-10/h9H,2-8H2,1H3,(H2,12,13,14). The quantitative estimate of drug-likeness (QED) is 0.698. The maximum atomic E-state index is 11.3. The van der Waals surface area contributed by atoms with Gasteiger partial charge in [-0.25, -0.2) is 4.79 Å². The lowest BCUT2D eigenvalue weighted by molar-refractivity contribution is 0.119. The number of carbonyl (C=O) groups is 1. The number of amides is 2. The highest BCUT2D eigenvalue weighted by molar-refractivity contribution is 5.74. The molecule has 86 valence electrons. The molecule has 1 fully saturated rings. The van der Waals surface area contributed by atoms with Gasteiger partial charge in [0.2, 0.25) is 0 Å². The van der Waals surface area contributed by atoms with E-state index in [9.17, 15) is 4.79 Å². The van der Waals surface area contributed by atoms with Gasteiger partial charge in [0.1, 0.15) is 0 Å². The van der Waals surface area contributed by atoms with E-state index in [2.05, 4.69) is 17.6 Å². The molecule has 0 atom stereocenters. The van der Waals surface area contributed by atoms with Crippen molar-refractivity contribution in [2.45, 2.75) is 32.6 Å². The van der Waals surface area contributed by atoms with Crippen LogP contribution in [0.5, 0.6) is 0 Å². The normalized spacial score (nSPS) is 15.9. The number of urea groups is 1. The molecular weight excluding hydrogens is 192 g/mol. The Morgan fingerprint density at radius 1 is 1.47 bits per heavy atom. The van der Waals surface area contributed by atoms with Gasteiger partial charge in [0, 0.05) is 12.7 Å². The van der Waals surface area contributed by atoms with Crippen LogP contribution in [0.1, 0.15) is 32.6 Å². The van der Waals surface area contributed by atoms with E-state index >= 15 is 0 Å². The van der Waals surface area contributed by atoms with Gasteiger partial charge in [-0.3, -0.25) is 0 Å². The van der Waals surface area contributed by atoms with E-state index in [0.29, 0.717) is 0 Å². The second kappa shape index (κ2) is 7.29. The summed E-state index contributed by atoms with van der Waals surface area (Å²) in [4.78, 5) is 11.3. The van der Waals surface area contributed by atoms with Crippen molar-refractivity contribution >= 4 is 6.03 Å². The number of rotatable bonds is 4. The zero-order chi connectivity index (χ0) is 10.9. The molecule has 2 amide bonds. The van der Waals surface area contributed by atoms with Crippen molar-refractivity contribution in [1.29, 1.82) is 0 Å². The molecule has 1 heterocycles. The fourth-order valence-corrected chi connectivity index (χ4v) is 1.38. The molecule has 0 bridgehead atoms. The van der Waals surface area contributed by atoms with E-state index in [1.807, 2.05) is 6.20 Å². The first kappa shape index (κ1) is 12.0. The van der Waals surface area contributed by atoms with Crippen molar-refractivity contribution in [3.63, 3.8) is 0 Å². The highest BCUT2D eigenvalue weighted by Crippen LogP contribution is 2.11. The molecule has 1 aliphatic heterocycles. The maximum Gasteiger partial charge on any atom is 0.318 e. The molecule has 0 saturated carbocycles. The summed E-state index contributed by atoms with van der Waals surface area (Å²) >= 11 is 0. The Morgan fingerprint density at radius 2 is 2.20 bits per heavy atom. The molecule has 0 aromatic carbocycles. The number of carbonyl (C=O) groups excluding carboxylic acids is 1. The molecule has 0 spiro atoms. The maximum absolute atomic E-state index is 11.3. The first-order chi connectivity index (χ1) is 7.33. The zero-order valence-corrected chi connectivity index (χ0v) is 9.34. The predicted molar refractivity (Wildman–Crippen MR) is 59.6 cm³/mol. The van der Waals surface area contributed by atoms with E-state index in [-0.39, 0.29) is 6.03 Å². The monoisotopic (exact) mass is 212 g/mol. The first-order valence-electron chi connectivity index (χ1n) is 5.63. The Balaban J connectivity index is 2.14. The van der Waals surface area contributed by atoms with Crippen LogP contribution in [-0.4, -0.2) is 25.8 Å². The van der Waals surface area contributed by atoms with Crippen LogP contribution in [0.25, 0.3) is 0 Å². The van der Waals surface area contributed by atoms with Gasteiger partial charge >= 0.3 is 6.03 Å². The third kappa shape index (κ3) is 5.42. The Morgan fingerprint density at radius 3 is 2.87 bits per heavy atom. The van der Waals surface area contributed by atoms with E-state index in [0.717, 1.165) is 45.4 Å². The Kier molecular flexibility index (Phi) is 5.85. The molecule has 0 aromatic rings. The zero-order valence-electron chi connectivity index (χ0n) is 9.34. The number of nitrogens with one attached hydrogen (secondary N) is 2. The molecule has 2 N–H and O–H groups in total. The van der Waals surface area contributed by atoms with Crippen molar-refractivity contribution in [2.24, 2.45) is 0 Å². The Bertz CT molecular complexity index is 219. The van der Waals surface area contributed by atoms with E-state index in [1.165, 1.54) is 5.57 Å². The van der Waals surface area contributed by atoms with Crippen molar-refractivity contribution in [1.82, 2.24) is 10.6 Å². The van der Waals surface area contributed by atoms with Crippen LogP contribution >= 0.6 is 0 Å². The van der Waals surface area contributed by atoms with Crippen LogP contribution in [0, 0.1) is 0 Å². The van der Waals surface area contributed by atoms with Gasteiger partial charge < -0.3 is 15.4 Å². The Hall–Kier alpha value is -1.03. The average Bonchev–Trinajstić information content (AvgIpc) is 2.28. The first-order valence-corrected chi connectivity index (χ1v) is 5.63. The van der Waals surface area contributed by atoms with Gasteiger partial charge in [0.25, 0.3) is 0 Å². The summed E-state index contributed by atoms with van der Waals surface area (Å²) in [6, 6.07) is -0.109. The number of hydrogen-bond donors (Lipinski definition) is 2. The highest BCUT2D eigenvalue weighted by atomic mass is 16.5. The molecule has 0 aliphatic carbocycles. The summed E-state index contributed by atoms with van der Waals surface area (Å²) in [7, 11) is 0. The summed E-state index contributed by atoms with van der Waals surface area (Å²) in [6.07, 6.45) is 5.78. The predicted octanol–water partition coefficient (Wildman–Crippen LogP) is 1.78. The SMILES string of the molecule is CCCCNC(=O)NC=C1CCOCC1. The third-order valence-corrected chi connectivity index (χ3v) is 2.36. The van der Waals surface area contributed by atoms with Gasteiger partial charge in [-0.1, -0.05) is 13.3 Å². The van der Waals surface area contributed by atoms with Crippen molar-refractivity contribution < 1.29 is 9.53 Å². The fourth-order valence-electron chi connectivity index (χ4n) is 1.38. The van der Waals surface area contributed by atoms with Crippen LogP contribution in [-0.2, 0) is 4.74 Å². The molecule has 1 aliphatic rings. The van der Waals surface area contributed by atoms with Gasteiger partial charge in [-0.05, 0) is 24.8 Å². The minimum Gasteiger partial charge on any atom is -0.381 e. The van der Waals surface area contributed by atoms with Crippen molar-refractivity contribution in [3.05, 3.63) is 11.8 Å². The van der Waals surface area contributed by atoms with Crippen molar-refractivity contribution in [2.75, 3.05) is 19.8 Å². The minimum atomic E-state index is -0.109. The molecule has 0 unspecified atom stereocenters. The smallest absolute Gasteiger partial charge is 0.318 e. The summed E-state index contributed by atoms with van der Waals surface area (Å²) in [5, 5.41) is 5.54. The van der Waals surface area contributed by atoms with Crippen LogP contribution in [0.3, 0.4) is 0 Å². The topological polar surface area (TPSA) is 50.4 Å². The van der Waals surface area contributed by atoms with Crippen LogP contribution in [0.4, 0.5) is 4.79 Å². The highest BCUT2D eigenvalue weighted by Gasteiger charge is 2.05. The van der Waals surface area contributed by atoms with Crippen LogP contribution in [0.2, 0.25) is 0 Å². The summed E-state index contributed by atoms with van der Waals surface area (Å²) in [5.74, 6) is 0. The second-order valence-electron chi connectivity index (χ2n) is 3.67. The van der Waals surface area contributed by atoms with Crippen LogP contribution < -0.4 is 10.6 Å². The summed E-state index contributed by atoms with van der Waals surface area (Å²) in [5.41, 5.74) is 1.26.